The van der Waals surface area contributed by atoms with Gasteiger partial charge < -0.3 is 14.3 Å². The van der Waals surface area contributed by atoms with Crippen molar-refractivity contribution in [1.82, 2.24) is 0 Å². The summed E-state index contributed by atoms with van der Waals surface area (Å²) in [6.07, 6.45) is 0. The van der Waals surface area contributed by atoms with E-state index >= 15 is 0 Å². The van der Waals surface area contributed by atoms with Crippen LogP contribution in [0, 0.1) is 10.1 Å². The van der Waals surface area contributed by atoms with E-state index in [-0.39, 0.29) is 13.4 Å². The molecule has 6 heteroatoms. The molecule has 0 amide bonds. The van der Waals surface area contributed by atoms with E-state index in [1.807, 2.05) is 0 Å². The molecule has 1 heterocycles. The maximum absolute atomic E-state index is 9.93. The summed E-state index contributed by atoms with van der Waals surface area (Å²) in [4.78, 5) is 14.1. The van der Waals surface area contributed by atoms with Crippen LogP contribution in [-0.4, -0.2) is 11.9 Å². The molecule has 0 bridgehead atoms. The Balaban J connectivity index is 2.09. The van der Waals surface area contributed by atoms with Crippen LogP contribution in [0.1, 0.15) is 5.56 Å². The van der Waals surface area contributed by atoms with Crippen LogP contribution in [0.5, 0.6) is 11.5 Å². The monoisotopic (exact) mass is 197 g/mol. The summed E-state index contributed by atoms with van der Waals surface area (Å²) in [6.45, 7) is 0.110. The van der Waals surface area contributed by atoms with Gasteiger partial charge in [0.2, 0.25) is 6.79 Å². The third kappa shape index (κ3) is 1.68. The van der Waals surface area contributed by atoms with E-state index in [1.54, 1.807) is 18.2 Å². The normalized spacial score (nSPS) is 12.6. The molecule has 0 atom stereocenters. The van der Waals surface area contributed by atoms with Gasteiger partial charge in [-0.25, -0.2) is 0 Å². The second-order valence-electron chi connectivity index (χ2n) is 2.68. The lowest BCUT2D eigenvalue weighted by atomic mass is 10.2. The first-order chi connectivity index (χ1) is 6.75. The molecule has 0 aliphatic carbocycles. The standard InChI is InChI=1S/C8H7NO5/c10-9(11)14-4-6-1-2-7-8(3-6)13-5-12-7/h1-3H,4-5H2. The van der Waals surface area contributed by atoms with E-state index in [9.17, 15) is 10.1 Å². The number of fused-ring (bicyclic) bond motifs is 1. The van der Waals surface area contributed by atoms with E-state index in [2.05, 4.69) is 4.84 Å². The zero-order valence-corrected chi connectivity index (χ0v) is 7.13. The van der Waals surface area contributed by atoms with Crippen LogP contribution in [-0.2, 0) is 11.4 Å². The SMILES string of the molecule is O=[N+]([O-])OCc1ccc2c(c1)OCO2. The first kappa shape index (κ1) is 8.61. The van der Waals surface area contributed by atoms with E-state index < -0.39 is 5.09 Å². The number of benzene rings is 1. The van der Waals surface area contributed by atoms with Gasteiger partial charge in [0.25, 0.3) is 5.09 Å². The van der Waals surface area contributed by atoms with Gasteiger partial charge in [0.15, 0.2) is 11.5 Å². The summed E-state index contributed by atoms with van der Waals surface area (Å²) >= 11 is 0. The van der Waals surface area contributed by atoms with Crippen molar-refractivity contribution in [3.05, 3.63) is 33.9 Å². The van der Waals surface area contributed by atoms with Crippen molar-refractivity contribution in [3.63, 3.8) is 0 Å². The number of ether oxygens (including phenoxy) is 2. The quantitative estimate of drug-likeness (QED) is 0.536. The zero-order valence-electron chi connectivity index (χ0n) is 7.13. The number of hydrogen-bond donors (Lipinski definition) is 0. The van der Waals surface area contributed by atoms with Crippen LogP contribution in [0.25, 0.3) is 0 Å². The fraction of sp³-hybridized carbons (Fsp3) is 0.250. The smallest absolute Gasteiger partial charge is 0.294 e. The molecule has 1 aliphatic rings. The summed E-state index contributed by atoms with van der Waals surface area (Å²) in [5.74, 6) is 1.24. The predicted molar refractivity (Wildman–Crippen MR) is 44.3 cm³/mol. The molecule has 1 aromatic rings. The zero-order chi connectivity index (χ0) is 9.97. The van der Waals surface area contributed by atoms with E-state index in [4.69, 9.17) is 9.47 Å². The fourth-order valence-electron chi connectivity index (χ4n) is 1.16. The molecule has 0 unspecified atom stereocenters. The van der Waals surface area contributed by atoms with Crippen LogP contribution in [0.15, 0.2) is 18.2 Å². The molecule has 1 aromatic carbocycles. The Morgan fingerprint density at radius 2 is 2.21 bits per heavy atom. The first-order valence-electron chi connectivity index (χ1n) is 3.91. The van der Waals surface area contributed by atoms with Gasteiger partial charge in [-0.15, -0.1) is 10.1 Å². The van der Waals surface area contributed by atoms with E-state index in [0.29, 0.717) is 17.1 Å². The van der Waals surface area contributed by atoms with Crippen molar-refractivity contribution in [2.45, 2.75) is 6.61 Å². The molecule has 14 heavy (non-hydrogen) atoms. The van der Waals surface area contributed by atoms with Gasteiger partial charge in [-0.05, 0) is 17.7 Å². The molecular weight excluding hydrogens is 190 g/mol. The summed E-state index contributed by atoms with van der Waals surface area (Å²) in [5, 5.41) is 9.10. The van der Waals surface area contributed by atoms with Crippen LogP contribution >= 0.6 is 0 Å². The molecule has 0 fully saturated rings. The second-order valence-corrected chi connectivity index (χ2v) is 2.68. The topological polar surface area (TPSA) is 70.8 Å². The first-order valence-corrected chi connectivity index (χ1v) is 3.91. The summed E-state index contributed by atoms with van der Waals surface area (Å²) in [5.41, 5.74) is 0.672. The average molecular weight is 197 g/mol. The minimum atomic E-state index is -0.829. The maximum atomic E-state index is 9.93. The molecule has 1 aliphatic heterocycles. The van der Waals surface area contributed by atoms with Crippen LogP contribution in [0.3, 0.4) is 0 Å². The Labute approximate surface area is 79.1 Å². The Morgan fingerprint density at radius 3 is 3.00 bits per heavy atom. The highest BCUT2D eigenvalue weighted by atomic mass is 16.9. The van der Waals surface area contributed by atoms with Crippen molar-refractivity contribution in [3.8, 4) is 11.5 Å². The fourth-order valence-corrected chi connectivity index (χ4v) is 1.16. The van der Waals surface area contributed by atoms with Crippen molar-refractivity contribution >= 4 is 0 Å². The molecule has 6 nitrogen and oxygen atoms in total. The van der Waals surface area contributed by atoms with Gasteiger partial charge in [-0.3, -0.25) is 0 Å². The Kier molecular flexibility index (Phi) is 2.10. The molecule has 0 saturated carbocycles. The molecule has 0 N–H and O–H groups in total. The van der Waals surface area contributed by atoms with Crippen molar-refractivity contribution in [1.29, 1.82) is 0 Å². The van der Waals surface area contributed by atoms with Crippen LogP contribution in [0.2, 0.25) is 0 Å². The van der Waals surface area contributed by atoms with Crippen molar-refractivity contribution in [2.75, 3.05) is 6.79 Å². The highest BCUT2D eigenvalue weighted by molar-refractivity contribution is 5.44. The number of nitrogens with zero attached hydrogens (tertiary/aromatic N) is 1. The average Bonchev–Trinajstić information content (AvgIpc) is 2.61. The Bertz CT molecular complexity index is 365. The molecule has 0 radical (unpaired) electrons. The molecule has 2 rings (SSSR count). The summed E-state index contributed by atoms with van der Waals surface area (Å²) in [6, 6.07) is 5.05. The predicted octanol–water partition coefficient (Wildman–Crippen LogP) is 1.12. The van der Waals surface area contributed by atoms with Crippen LogP contribution in [0.4, 0.5) is 0 Å². The number of rotatable bonds is 3. The molecule has 74 valence electrons. The largest absolute Gasteiger partial charge is 0.454 e. The molecular formula is C8H7NO5. The Hall–Kier alpha value is -1.98. The summed E-state index contributed by atoms with van der Waals surface area (Å²) in [7, 11) is 0. The Morgan fingerprint density at radius 1 is 1.43 bits per heavy atom. The van der Waals surface area contributed by atoms with Gasteiger partial charge in [-0.1, -0.05) is 6.07 Å². The minimum absolute atomic E-state index is 0.0797. The summed E-state index contributed by atoms with van der Waals surface area (Å²) < 4.78 is 10.2. The van der Waals surface area contributed by atoms with Gasteiger partial charge in [0.05, 0.1) is 0 Å². The third-order valence-corrected chi connectivity index (χ3v) is 1.77. The van der Waals surface area contributed by atoms with Crippen molar-refractivity contribution in [2.24, 2.45) is 0 Å². The molecule has 0 spiro atoms. The van der Waals surface area contributed by atoms with Gasteiger partial charge >= 0.3 is 0 Å². The lowest BCUT2D eigenvalue weighted by Gasteiger charge is -2.00. The van der Waals surface area contributed by atoms with Gasteiger partial charge in [0.1, 0.15) is 6.61 Å². The van der Waals surface area contributed by atoms with E-state index in [1.165, 1.54) is 0 Å². The van der Waals surface area contributed by atoms with Crippen molar-refractivity contribution < 1.29 is 19.4 Å². The maximum Gasteiger partial charge on any atom is 0.294 e. The highest BCUT2D eigenvalue weighted by Crippen LogP contribution is 2.32. The van der Waals surface area contributed by atoms with E-state index in [0.717, 1.165) is 0 Å². The molecule has 0 saturated heterocycles. The van der Waals surface area contributed by atoms with Gasteiger partial charge in [-0.2, -0.15) is 0 Å². The minimum Gasteiger partial charge on any atom is -0.454 e. The number of hydrogen-bond acceptors (Lipinski definition) is 5. The second kappa shape index (κ2) is 3.41. The molecule has 0 aromatic heterocycles. The lowest BCUT2D eigenvalue weighted by Crippen LogP contribution is -2.00. The van der Waals surface area contributed by atoms with Crippen LogP contribution < -0.4 is 9.47 Å². The highest BCUT2D eigenvalue weighted by Gasteiger charge is 2.13. The van der Waals surface area contributed by atoms with Gasteiger partial charge in [0, 0.05) is 0 Å². The third-order valence-electron chi connectivity index (χ3n) is 1.77. The lowest BCUT2D eigenvalue weighted by molar-refractivity contribution is -0.763.